The van der Waals surface area contributed by atoms with Gasteiger partial charge in [0, 0.05) is 18.2 Å². The number of hydrogen-bond donors (Lipinski definition) is 1. The summed E-state index contributed by atoms with van der Waals surface area (Å²) in [5.74, 6) is -0.369. The largest absolute Gasteiger partial charge is 0.434 e. The van der Waals surface area contributed by atoms with Crippen molar-refractivity contribution in [1.82, 2.24) is 20.1 Å². The fraction of sp³-hybridized carbons (Fsp3) is 0.550. The molecule has 0 radical (unpaired) electrons. The van der Waals surface area contributed by atoms with Gasteiger partial charge in [-0.2, -0.15) is 22.0 Å². The zero-order chi connectivity index (χ0) is 22.9. The van der Waals surface area contributed by atoms with Crippen LogP contribution >= 0.6 is 0 Å². The molecule has 2 aliphatic heterocycles. The molecule has 32 heavy (non-hydrogen) atoms. The molecular weight excluding hydrogens is 437 g/mol. The Morgan fingerprint density at radius 3 is 2.62 bits per heavy atom. The van der Waals surface area contributed by atoms with E-state index in [9.17, 15) is 22.0 Å². The van der Waals surface area contributed by atoms with Crippen molar-refractivity contribution in [2.45, 2.75) is 44.6 Å². The van der Waals surface area contributed by atoms with Crippen molar-refractivity contribution in [2.75, 3.05) is 31.6 Å². The maximum atomic E-state index is 13.0. The predicted molar refractivity (Wildman–Crippen MR) is 104 cm³/mol. The first-order chi connectivity index (χ1) is 15.2. The second-order valence-electron chi connectivity index (χ2n) is 7.83. The molecule has 2 aliphatic rings. The lowest BCUT2D eigenvalue weighted by atomic mass is 10.0. The third-order valence-corrected chi connectivity index (χ3v) is 5.56. The van der Waals surface area contributed by atoms with Crippen LogP contribution in [0.3, 0.4) is 0 Å². The number of aryl methyl sites for hydroxylation is 1. The average molecular weight is 459 g/mol. The fourth-order valence-corrected chi connectivity index (χ4v) is 3.87. The van der Waals surface area contributed by atoms with Crippen LogP contribution in [0.15, 0.2) is 18.2 Å². The Hall–Kier alpha value is -2.60. The zero-order valence-electron chi connectivity index (χ0n) is 17.2. The highest BCUT2D eigenvalue weighted by molar-refractivity contribution is 5.69. The Balaban J connectivity index is 1.54. The van der Waals surface area contributed by atoms with Crippen LogP contribution in [0.1, 0.15) is 24.1 Å². The summed E-state index contributed by atoms with van der Waals surface area (Å²) in [5.41, 5.74) is -0.762. The van der Waals surface area contributed by atoms with Gasteiger partial charge in [0.05, 0.1) is 30.5 Å². The summed E-state index contributed by atoms with van der Waals surface area (Å²) in [6, 6.07) is 2.87. The van der Waals surface area contributed by atoms with Crippen LogP contribution in [0.4, 0.5) is 27.9 Å². The molecule has 1 N–H and O–H groups in total. The number of piperidine rings is 1. The summed E-state index contributed by atoms with van der Waals surface area (Å²) in [6.45, 7) is 1.56. The first kappa shape index (κ1) is 22.6. The molecule has 0 bridgehead atoms. The van der Waals surface area contributed by atoms with Crippen LogP contribution in [0.2, 0.25) is 0 Å². The number of hydrogen-bond acceptors (Lipinski definition) is 7. The maximum absolute atomic E-state index is 13.0. The number of ether oxygens (including phenoxy) is 2. The quantitative estimate of drug-likeness (QED) is 0.660. The second-order valence-corrected chi connectivity index (χ2v) is 7.83. The van der Waals surface area contributed by atoms with Crippen molar-refractivity contribution < 1.29 is 31.4 Å². The molecule has 4 rings (SSSR count). The van der Waals surface area contributed by atoms with Crippen molar-refractivity contribution in [3.8, 4) is 17.0 Å². The van der Waals surface area contributed by atoms with E-state index in [0.29, 0.717) is 17.8 Å². The summed E-state index contributed by atoms with van der Waals surface area (Å²) in [5, 5.41) is 11.3. The topological polar surface area (TPSA) is 72.4 Å². The third kappa shape index (κ3) is 5.07. The zero-order valence-corrected chi connectivity index (χ0v) is 17.2. The van der Waals surface area contributed by atoms with Gasteiger partial charge in [-0.15, -0.1) is 10.2 Å². The van der Waals surface area contributed by atoms with E-state index in [1.807, 2.05) is 0 Å². The number of alkyl halides is 5. The van der Waals surface area contributed by atoms with E-state index in [1.165, 1.54) is 0 Å². The number of halogens is 5. The van der Waals surface area contributed by atoms with E-state index in [0.717, 1.165) is 51.3 Å². The first-order valence-corrected chi connectivity index (χ1v) is 10.2. The molecule has 2 saturated heterocycles. The molecule has 12 heteroatoms. The minimum absolute atomic E-state index is 0.0452. The molecule has 0 saturated carbocycles. The highest BCUT2D eigenvalue weighted by Crippen LogP contribution is 2.38. The Morgan fingerprint density at radius 1 is 1.22 bits per heavy atom. The van der Waals surface area contributed by atoms with Gasteiger partial charge < -0.3 is 14.8 Å². The fourth-order valence-electron chi connectivity index (χ4n) is 3.87. The van der Waals surface area contributed by atoms with Crippen LogP contribution in [0.5, 0.6) is 5.75 Å². The number of aromatic nitrogens is 3. The van der Waals surface area contributed by atoms with Crippen molar-refractivity contribution in [1.29, 1.82) is 0 Å². The Labute approximate surface area is 180 Å². The molecule has 0 spiro atoms. The molecule has 0 unspecified atom stereocenters. The van der Waals surface area contributed by atoms with Gasteiger partial charge >= 0.3 is 12.8 Å². The molecule has 1 aromatic carbocycles. The van der Waals surface area contributed by atoms with Gasteiger partial charge in [0.25, 0.3) is 0 Å². The SMILES string of the molecule is Cc1nc(N[C@@H]2CCCN(C3COC3)C2)nnc1-c1ccc(C(F)(F)F)cc1OC(F)F. The van der Waals surface area contributed by atoms with E-state index < -0.39 is 24.1 Å². The number of nitrogens with zero attached hydrogens (tertiary/aromatic N) is 4. The van der Waals surface area contributed by atoms with Gasteiger partial charge in [-0.25, -0.2) is 4.98 Å². The van der Waals surface area contributed by atoms with Gasteiger partial charge in [-0.05, 0) is 44.5 Å². The number of nitrogens with one attached hydrogen (secondary N) is 1. The van der Waals surface area contributed by atoms with Crippen molar-refractivity contribution in [3.05, 3.63) is 29.5 Å². The van der Waals surface area contributed by atoms with Crippen molar-refractivity contribution in [3.63, 3.8) is 0 Å². The minimum atomic E-state index is -4.70. The number of likely N-dealkylation sites (tertiary alicyclic amines) is 1. The Kier molecular flexibility index (Phi) is 6.42. The monoisotopic (exact) mass is 459 g/mol. The van der Waals surface area contributed by atoms with E-state index in [4.69, 9.17) is 4.74 Å². The van der Waals surface area contributed by atoms with Crippen LogP contribution in [0.25, 0.3) is 11.3 Å². The lowest BCUT2D eigenvalue weighted by Crippen LogP contribution is -2.54. The lowest BCUT2D eigenvalue weighted by molar-refractivity contribution is -0.138. The van der Waals surface area contributed by atoms with E-state index in [2.05, 4.69) is 30.1 Å². The first-order valence-electron chi connectivity index (χ1n) is 10.2. The molecule has 0 amide bonds. The number of anilines is 1. The van der Waals surface area contributed by atoms with E-state index in [1.54, 1.807) is 6.92 Å². The van der Waals surface area contributed by atoms with Gasteiger partial charge in [0.1, 0.15) is 11.4 Å². The summed E-state index contributed by atoms with van der Waals surface area (Å²) < 4.78 is 74.2. The van der Waals surface area contributed by atoms with E-state index in [-0.39, 0.29) is 23.2 Å². The Morgan fingerprint density at radius 2 is 2.00 bits per heavy atom. The second kappa shape index (κ2) is 9.10. The van der Waals surface area contributed by atoms with Gasteiger partial charge in [0.2, 0.25) is 5.95 Å². The smallest absolute Gasteiger partial charge is 0.416 e. The van der Waals surface area contributed by atoms with Crippen molar-refractivity contribution >= 4 is 5.95 Å². The predicted octanol–water partition coefficient (Wildman–Crippen LogP) is 3.74. The number of rotatable bonds is 6. The summed E-state index contributed by atoms with van der Waals surface area (Å²) in [4.78, 5) is 6.70. The summed E-state index contributed by atoms with van der Waals surface area (Å²) in [6.07, 6.45) is -2.76. The van der Waals surface area contributed by atoms with Crippen LogP contribution in [-0.2, 0) is 10.9 Å². The molecule has 2 fully saturated rings. The summed E-state index contributed by atoms with van der Waals surface area (Å²) in [7, 11) is 0. The molecule has 2 aromatic rings. The lowest BCUT2D eigenvalue weighted by Gasteiger charge is -2.42. The third-order valence-electron chi connectivity index (χ3n) is 5.56. The molecule has 3 heterocycles. The molecule has 1 aromatic heterocycles. The molecule has 7 nitrogen and oxygen atoms in total. The minimum Gasteiger partial charge on any atom is -0.434 e. The normalized spacial score (nSPS) is 20.3. The maximum Gasteiger partial charge on any atom is 0.416 e. The van der Waals surface area contributed by atoms with Crippen LogP contribution in [0, 0.1) is 6.92 Å². The highest BCUT2D eigenvalue weighted by Gasteiger charge is 2.33. The molecule has 1 atom stereocenters. The molecular formula is C20H22F5N5O2. The summed E-state index contributed by atoms with van der Waals surface area (Å²) >= 11 is 0. The molecule has 0 aliphatic carbocycles. The van der Waals surface area contributed by atoms with E-state index >= 15 is 0 Å². The van der Waals surface area contributed by atoms with Gasteiger partial charge in [-0.3, -0.25) is 4.90 Å². The standard InChI is InChI=1S/C20H22F5N5O2/c1-11-17(15-5-4-12(20(23,24)25)7-16(15)32-18(21)22)28-29-19(26-11)27-13-3-2-6-30(8-13)14-9-31-10-14/h4-5,7,13-14,18H,2-3,6,8-10H2,1H3,(H,26,27,29)/t13-/m1/s1. The van der Waals surface area contributed by atoms with Crippen LogP contribution < -0.4 is 10.1 Å². The Bertz CT molecular complexity index is 954. The van der Waals surface area contributed by atoms with Gasteiger partial charge in [-0.1, -0.05) is 0 Å². The van der Waals surface area contributed by atoms with Crippen molar-refractivity contribution in [2.24, 2.45) is 0 Å². The molecule has 174 valence electrons. The number of benzene rings is 1. The highest BCUT2D eigenvalue weighted by atomic mass is 19.4. The van der Waals surface area contributed by atoms with Gasteiger partial charge in [0.15, 0.2) is 0 Å². The average Bonchev–Trinajstić information content (AvgIpc) is 2.66. The van der Waals surface area contributed by atoms with Crippen LogP contribution in [-0.4, -0.2) is 65.1 Å².